The molecule has 0 radical (unpaired) electrons. The Morgan fingerprint density at radius 3 is 2.15 bits per heavy atom. The number of ether oxygens (including phenoxy) is 1. The number of benzene rings is 2. The van der Waals surface area contributed by atoms with E-state index in [0.29, 0.717) is 12.2 Å². The number of esters is 1. The molecule has 0 aliphatic rings. The Bertz CT molecular complexity index is 734. The molecule has 0 aromatic heterocycles. The molecule has 2 rings (SSSR count). The smallest absolute Gasteiger partial charge is 0.338 e. The predicted molar refractivity (Wildman–Crippen MR) is 103 cm³/mol. The number of hydrogen-bond acceptors (Lipinski definition) is 4. The molecule has 1 amide bonds. The van der Waals surface area contributed by atoms with Crippen LogP contribution in [0, 0.1) is 0 Å². The highest BCUT2D eigenvalue weighted by Crippen LogP contribution is 2.21. The zero-order valence-corrected chi connectivity index (χ0v) is 15.7. The van der Waals surface area contributed by atoms with Gasteiger partial charge in [-0.2, -0.15) is 0 Å². The van der Waals surface area contributed by atoms with Crippen molar-refractivity contribution in [2.24, 2.45) is 0 Å². The van der Waals surface area contributed by atoms with Gasteiger partial charge in [0, 0.05) is 11.2 Å². The first-order valence-corrected chi connectivity index (χ1v) is 8.71. The number of hydrogen-bond donors (Lipinski definition) is 2. The topological polar surface area (TPSA) is 67.4 Å². The van der Waals surface area contributed by atoms with E-state index in [0.717, 1.165) is 11.3 Å². The maximum Gasteiger partial charge on any atom is 0.338 e. The van der Waals surface area contributed by atoms with Gasteiger partial charge in [0.1, 0.15) is 6.04 Å². The number of rotatable bonds is 6. The van der Waals surface area contributed by atoms with Gasteiger partial charge in [0.15, 0.2) is 0 Å². The van der Waals surface area contributed by atoms with Gasteiger partial charge in [0.25, 0.3) is 0 Å². The van der Waals surface area contributed by atoms with Gasteiger partial charge in [0.2, 0.25) is 5.91 Å². The molecule has 0 aliphatic heterocycles. The fourth-order valence-electron chi connectivity index (χ4n) is 2.47. The van der Waals surface area contributed by atoms with Gasteiger partial charge in [0.05, 0.1) is 12.2 Å². The van der Waals surface area contributed by atoms with Gasteiger partial charge < -0.3 is 15.4 Å². The molecule has 5 heteroatoms. The fraction of sp³-hybridized carbons (Fsp3) is 0.333. The molecular weight excluding hydrogens is 328 g/mol. The number of nitrogens with one attached hydrogen (secondary N) is 2. The number of carbonyl (C=O) groups is 2. The van der Waals surface area contributed by atoms with Gasteiger partial charge in [-0.15, -0.1) is 0 Å². The molecule has 0 spiro atoms. The van der Waals surface area contributed by atoms with Crippen molar-refractivity contribution in [1.29, 1.82) is 0 Å². The lowest BCUT2D eigenvalue weighted by molar-refractivity contribution is -0.123. The molecular formula is C21H26N2O3. The molecule has 2 aromatic rings. The van der Waals surface area contributed by atoms with Crippen LogP contribution in [-0.4, -0.2) is 24.0 Å². The summed E-state index contributed by atoms with van der Waals surface area (Å²) in [6.45, 7) is 7.94. The minimum atomic E-state index is -0.538. The molecule has 0 saturated carbocycles. The lowest BCUT2D eigenvalue weighted by Crippen LogP contribution is -2.44. The van der Waals surface area contributed by atoms with E-state index in [4.69, 9.17) is 4.74 Å². The SMILES string of the molecule is CCOC(=O)c1ccc(NC(C(=O)NC(C)(C)C)c2ccccc2)cc1. The van der Waals surface area contributed by atoms with Gasteiger partial charge in [-0.1, -0.05) is 30.3 Å². The second kappa shape index (κ2) is 8.52. The average Bonchev–Trinajstić information content (AvgIpc) is 2.59. The lowest BCUT2D eigenvalue weighted by atomic mass is 10.0. The Morgan fingerprint density at radius 2 is 1.62 bits per heavy atom. The monoisotopic (exact) mass is 354 g/mol. The summed E-state index contributed by atoms with van der Waals surface area (Å²) in [5.74, 6) is -0.470. The van der Waals surface area contributed by atoms with Crippen LogP contribution < -0.4 is 10.6 Å². The van der Waals surface area contributed by atoms with E-state index in [-0.39, 0.29) is 17.4 Å². The molecule has 0 fully saturated rings. The van der Waals surface area contributed by atoms with Crippen LogP contribution in [0.2, 0.25) is 0 Å². The first-order chi connectivity index (χ1) is 12.3. The van der Waals surface area contributed by atoms with E-state index in [1.165, 1.54) is 0 Å². The van der Waals surface area contributed by atoms with Crippen LogP contribution in [0.5, 0.6) is 0 Å². The minimum Gasteiger partial charge on any atom is -0.462 e. The van der Waals surface area contributed by atoms with Crippen molar-refractivity contribution in [2.75, 3.05) is 11.9 Å². The molecule has 2 aromatic carbocycles. The largest absolute Gasteiger partial charge is 0.462 e. The summed E-state index contributed by atoms with van der Waals surface area (Å²) in [4.78, 5) is 24.5. The highest BCUT2D eigenvalue weighted by molar-refractivity contribution is 5.90. The quantitative estimate of drug-likeness (QED) is 0.771. The van der Waals surface area contributed by atoms with Crippen LogP contribution in [0.3, 0.4) is 0 Å². The molecule has 1 atom stereocenters. The molecule has 0 aliphatic carbocycles. The van der Waals surface area contributed by atoms with E-state index in [2.05, 4.69) is 10.6 Å². The molecule has 0 bridgehead atoms. The van der Waals surface area contributed by atoms with Crippen molar-refractivity contribution < 1.29 is 14.3 Å². The average molecular weight is 354 g/mol. The highest BCUT2D eigenvalue weighted by atomic mass is 16.5. The summed E-state index contributed by atoms with van der Waals surface area (Å²) >= 11 is 0. The minimum absolute atomic E-state index is 0.113. The van der Waals surface area contributed by atoms with Crippen molar-refractivity contribution in [3.63, 3.8) is 0 Å². The van der Waals surface area contributed by atoms with Crippen LogP contribution in [0.15, 0.2) is 54.6 Å². The first-order valence-electron chi connectivity index (χ1n) is 8.71. The first kappa shape index (κ1) is 19.5. The fourth-order valence-corrected chi connectivity index (χ4v) is 2.47. The Labute approximate surface area is 154 Å². The van der Waals surface area contributed by atoms with Crippen LogP contribution in [-0.2, 0) is 9.53 Å². The third kappa shape index (κ3) is 5.62. The van der Waals surface area contributed by atoms with Crippen LogP contribution in [0.25, 0.3) is 0 Å². The second-order valence-corrected chi connectivity index (χ2v) is 7.03. The van der Waals surface area contributed by atoms with Crippen molar-refractivity contribution in [2.45, 2.75) is 39.3 Å². The highest BCUT2D eigenvalue weighted by Gasteiger charge is 2.24. The Kier molecular flexibility index (Phi) is 6.39. The molecule has 0 heterocycles. The van der Waals surface area contributed by atoms with Gasteiger partial charge >= 0.3 is 5.97 Å². The summed E-state index contributed by atoms with van der Waals surface area (Å²) in [5.41, 5.74) is 1.76. The van der Waals surface area contributed by atoms with Crippen LogP contribution in [0.4, 0.5) is 5.69 Å². The van der Waals surface area contributed by atoms with Gasteiger partial charge in [-0.25, -0.2) is 4.79 Å². The molecule has 5 nitrogen and oxygen atoms in total. The van der Waals surface area contributed by atoms with Crippen molar-refractivity contribution in [3.05, 3.63) is 65.7 Å². The zero-order valence-electron chi connectivity index (χ0n) is 15.7. The summed E-state index contributed by atoms with van der Waals surface area (Å²) < 4.78 is 4.99. The van der Waals surface area contributed by atoms with Crippen LogP contribution in [0.1, 0.15) is 49.7 Å². The predicted octanol–water partition coefficient (Wildman–Crippen LogP) is 3.93. The van der Waals surface area contributed by atoms with E-state index < -0.39 is 6.04 Å². The number of carbonyl (C=O) groups excluding carboxylic acids is 2. The zero-order chi connectivity index (χ0) is 19.2. The Balaban J connectivity index is 2.21. The molecule has 1 unspecified atom stereocenters. The van der Waals surface area contributed by atoms with Gasteiger partial charge in [-0.3, -0.25) is 4.79 Å². The summed E-state index contributed by atoms with van der Waals surface area (Å²) in [5, 5.41) is 6.26. The Morgan fingerprint density at radius 1 is 1.00 bits per heavy atom. The van der Waals surface area contributed by atoms with E-state index >= 15 is 0 Å². The lowest BCUT2D eigenvalue weighted by Gasteiger charge is -2.26. The molecule has 26 heavy (non-hydrogen) atoms. The number of anilines is 1. The summed E-state index contributed by atoms with van der Waals surface area (Å²) in [6.07, 6.45) is 0. The van der Waals surface area contributed by atoms with Crippen LogP contribution >= 0.6 is 0 Å². The molecule has 2 N–H and O–H groups in total. The number of amides is 1. The molecule has 138 valence electrons. The maximum absolute atomic E-state index is 12.8. The normalized spacial score (nSPS) is 12.2. The van der Waals surface area contributed by atoms with Crippen molar-refractivity contribution >= 4 is 17.6 Å². The van der Waals surface area contributed by atoms with E-state index in [1.807, 2.05) is 51.1 Å². The van der Waals surface area contributed by atoms with E-state index in [1.54, 1.807) is 31.2 Å². The van der Waals surface area contributed by atoms with E-state index in [9.17, 15) is 9.59 Å². The van der Waals surface area contributed by atoms with Gasteiger partial charge in [-0.05, 0) is 57.5 Å². The second-order valence-electron chi connectivity index (χ2n) is 7.03. The Hall–Kier alpha value is -2.82. The van der Waals surface area contributed by atoms with Crippen molar-refractivity contribution in [3.8, 4) is 0 Å². The maximum atomic E-state index is 12.8. The standard InChI is InChI=1S/C21H26N2O3/c1-5-26-20(25)16-11-13-17(14-12-16)22-18(15-9-7-6-8-10-15)19(24)23-21(2,3)4/h6-14,18,22H,5H2,1-4H3,(H,23,24). The molecule has 0 saturated heterocycles. The third-order valence-corrected chi connectivity index (χ3v) is 3.60. The summed E-state index contributed by atoms with van der Waals surface area (Å²) in [6, 6.07) is 15.9. The summed E-state index contributed by atoms with van der Waals surface area (Å²) in [7, 11) is 0. The third-order valence-electron chi connectivity index (χ3n) is 3.60. The van der Waals surface area contributed by atoms with Crippen molar-refractivity contribution in [1.82, 2.24) is 5.32 Å².